The van der Waals surface area contributed by atoms with E-state index in [0.29, 0.717) is 18.7 Å². The molecule has 3 N–H and O–H groups in total. The molecule has 0 aromatic carbocycles. The van der Waals surface area contributed by atoms with Crippen LogP contribution in [0.1, 0.15) is 33.6 Å². The number of ether oxygens (including phenoxy) is 1. The van der Waals surface area contributed by atoms with Gasteiger partial charge in [-0.1, -0.05) is 6.92 Å². The van der Waals surface area contributed by atoms with Crippen LogP contribution in [0.2, 0.25) is 0 Å². The summed E-state index contributed by atoms with van der Waals surface area (Å²) in [5.74, 6) is 0. The first-order valence-corrected chi connectivity index (χ1v) is 6.26. The fourth-order valence-corrected chi connectivity index (χ4v) is 2.05. The number of morpholine rings is 1. The molecule has 16 heavy (non-hydrogen) atoms. The van der Waals surface area contributed by atoms with Crippen LogP contribution in [0, 0.1) is 0 Å². The molecule has 0 radical (unpaired) electrons. The van der Waals surface area contributed by atoms with Gasteiger partial charge in [0.25, 0.3) is 0 Å². The molecule has 4 nitrogen and oxygen atoms in total. The van der Waals surface area contributed by atoms with Gasteiger partial charge in [0.1, 0.15) is 0 Å². The second-order valence-electron chi connectivity index (χ2n) is 5.15. The largest absolute Gasteiger partial charge is 0.389 e. The Kier molecular flexibility index (Phi) is 5.18. The highest BCUT2D eigenvalue weighted by Crippen LogP contribution is 2.17. The van der Waals surface area contributed by atoms with Gasteiger partial charge >= 0.3 is 0 Å². The van der Waals surface area contributed by atoms with Gasteiger partial charge in [-0.3, -0.25) is 4.90 Å². The zero-order valence-electron chi connectivity index (χ0n) is 10.8. The van der Waals surface area contributed by atoms with Crippen molar-refractivity contribution in [2.24, 2.45) is 5.73 Å². The third-order valence-electron chi connectivity index (χ3n) is 3.43. The Bertz CT molecular complexity index is 209. The number of aliphatic hydroxyl groups is 1. The van der Waals surface area contributed by atoms with Crippen LogP contribution in [0.4, 0.5) is 0 Å². The van der Waals surface area contributed by atoms with Crippen molar-refractivity contribution in [2.75, 3.05) is 26.2 Å². The Morgan fingerprint density at radius 1 is 1.56 bits per heavy atom. The molecule has 1 fully saturated rings. The van der Waals surface area contributed by atoms with Crippen LogP contribution in [-0.2, 0) is 4.74 Å². The molecule has 0 spiro atoms. The minimum absolute atomic E-state index is 0.297. The van der Waals surface area contributed by atoms with Crippen LogP contribution in [-0.4, -0.2) is 54.0 Å². The molecule has 3 unspecified atom stereocenters. The third-order valence-corrected chi connectivity index (χ3v) is 3.43. The lowest BCUT2D eigenvalue weighted by atomic mass is 10.0. The summed E-state index contributed by atoms with van der Waals surface area (Å²) in [6, 6.07) is 0.491. The second-order valence-corrected chi connectivity index (χ2v) is 5.15. The number of hydrogen-bond donors (Lipinski definition) is 2. The lowest BCUT2D eigenvalue weighted by Gasteiger charge is -2.39. The predicted octanol–water partition coefficient (Wildman–Crippen LogP) is 0.586. The molecule has 0 saturated carbocycles. The average molecular weight is 230 g/mol. The molecule has 0 bridgehead atoms. The predicted molar refractivity (Wildman–Crippen MR) is 65.4 cm³/mol. The maximum absolute atomic E-state index is 9.90. The number of nitrogens with two attached hydrogens (primary N) is 1. The standard InChI is InChI=1S/C12H26N2O2/c1-4-11-8-16-10(2)7-14(11)6-5-12(3,15)9-13/h10-11,15H,4-9,13H2,1-3H3. The molecule has 3 atom stereocenters. The van der Waals surface area contributed by atoms with Crippen molar-refractivity contribution in [1.82, 2.24) is 4.90 Å². The second kappa shape index (κ2) is 5.96. The molecule has 1 saturated heterocycles. The fourth-order valence-electron chi connectivity index (χ4n) is 2.05. The van der Waals surface area contributed by atoms with Crippen molar-refractivity contribution in [3.05, 3.63) is 0 Å². The van der Waals surface area contributed by atoms with E-state index >= 15 is 0 Å². The van der Waals surface area contributed by atoms with Crippen LogP contribution in [0.5, 0.6) is 0 Å². The van der Waals surface area contributed by atoms with E-state index in [1.54, 1.807) is 6.92 Å². The van der Waals surface area contributed by atoms with E-state index < -0.39 is 5.60 Å². The van der Waals surface area contributed by atoms with Gasteiger partial charge in [0, 0.05) is 25.7 Å². The quantitative estimate of drug-likeness (QED) is 0.725. The summed E-state index contributed by atoms with van der Waals surface area (Å²) >= 11 is 0. The Morgan fingerprint density at radius 2 is 2.25 bits per heavy atom. The molecule has 4 heteroatoms. The van der Waals surface area contributed by atoms with E-state index in [9.17, 15) is 5.11 Å². The SMILES string of the molecule is CCC1COC(C)CN1CCC(C)(O)CN. The molecule has 0 aromatic rings. The highest BCUT2D eigenvalue weighted by Gasteiger charge is 2.27. The molecule has 0 amide bonds. The first-order valence-electron chi connectivity index (χ1n) is 6.26. The van der Waals surface area contributed by atoms with Crippen LogP contribution in [0.3, 0.4) is 0 Å². The van der Waals surface area contributed by atoms with Crippen molar-refractivity contribution in [1.29, 1.82) is 0 Å². The van der Waals surface area contributed by atoms with E-state index in [2.05, 4.69) is 18.7 Å². The summed E-state index contributed by atoms with van der Waals surface area (Å²) in [4.78, 5) is 2.41. The topological polar surface area (TPSA) is 58.7 Å². The Balaban J connectivity index is 2.43. The Labute approximate surface area is 98.8 Å². The van der Waals surface area contributed by atoms with Crippen LogP contribution in [0.15, 0.2) is 0 Å². The van der Waals surface area contributed by atoms with E-state index in [4.69, 9.17) is 10.5 Å². The minimum Gasteiger partial charge on any atom is -0.389 e. The zero-order valence-corrected chi connectivity index (χ0v) is 10.8. The number of hydrogen-bond acceptors (Lipinski definition) is 4. The van der Waals surface area contributed by atoms with Gasteiger partial charge in [-0.05, 0) is 26.7 Å². The molecule has 1 heterocycles. The van der Waals surface area contributed by atoms with Gasteiger partial charge in [-0.2, -0.15) is 0 Å². The van der Waals surface area contributed by atoms with E-state index in [1.165, 1.54) is 0 Å². The molecule has 1 aliphatic rings. The molecule has 96 valence electrons. The zero-order chi connectivity index (χ0) is 12.2. The molecular formula is C12H26N2O2. The molecule has 0 aliphatic carbocycles. The van der Waals surface area contributed by atoms with E-state index in [0.717, 1.165) is 32.5 Å². The lowest BCUT2D eigenvalue weighted by Crippen LogP contribution is -2.50. The van der Waals surface area contributed by atoms with Gasteiger partial charge in [0.05, 0.1) is 18.3 Å². The van der Waals surface area contributed by atoms with Crippen molar-refractivity contribution in [3.8, 4) is 0 Å². The highest BCUT2D eigenvalue weighted by atomic mass is 16.5. The van der Waals surface area contributed by atoms with Crippen LogP contribution < -0.4 is 5.73 Å². The first-order chi connectivity index (χ1) is 7.48. The van der Waals surface area contributed by atoms with Crippen molar-refractivity contribution in [2.45, 2.75) is 51.4 Å². The normalized spacial score (nSPS) is 31.3. The van der Waals surface area contributed by atoms with Gasteiger partial charge in [-0.25, -0.2) is 0 Å². The summed E-state index contributed by atoms with van der Waals surface area (Å²) in [5.41, 5.74) is 4.79. The van der Waals surface area contributed by atoms with Gasteiger partial charge in [0.15, 0.2) is 0 Å². The molecule has 1 rings (SSSR count). The fraction of sp³-hybridized carbons (Fsp3) is 1.00. The molecule has 1 aliphatic heterocycles. The highest BCUT2D eigenvalue weighted by molar-refractivity contribution is 4.81. The first kappa shape index (κ1) is 13.9. The summed E-state index contributed by atoms with van der Waals surface area (Å²) in [5, 5.41) is 9.90. The van der Waals surface area contributed by atoms with Crippen LogP contribution in [0.25, 0.3) is 0 Å². The van der Waals surface area contributed by atoms with Crippen LogP contribution >= 0.6 is 0 Å². The Hall–Kier alpha value is -0.160. The van der Waals surface area contributed by atoms with E-state index in [1.807, 2.05) is 0 Å². The molecular weight excluding hydrogens is 204 g/mol. The van der Waals surface area contributed by atoms with Gasteiger partial charge < -0.3 is 15.6 Å². The number of rotatable bonds is 5. The summed E-state index contributed by atoms with van der Waals surface area (Å²) in [6.45, 7) is 9.07. The van der Waals surface area contributed by atoms with E-state index in [-0.39, 0.29) is 0 Å². The maximum Gasteiger partial charge on any atom is 0.0753 e. The van der Waals surface area contributed by atoms with Gasteiger partial charge in [-0.15, -0.1) is 0 Å². The maximum atomic E-state index is 9.90. The minimum atomic E-state index is -0.736. The third kappa shape index (κ3) is 4.01. The Morgan fingerprint density at radius 3 is 2.81 bits per heavy atom. The monoisotopic (exact) mass is 230 g/mol. The van der Waals surface area contributed by atoms with Crippen molar-refractivity contribution >= 4 is 0 Å². The smallest absolute Gasteiger partial charge is 0.0753 e. The van der Waals surface area contributed by atoms with Gasteiger partial charge in [0.2, 0.25) is 0 Å². The van der Waals surface area contributed by atoms with Crippen molar-refractivity contribution < 1.29 is 9.84 Å². The summed E-state index contributed by atoms with van der Waals surface area (Å²) in [6.07, 6.45) is 2.12. The summed E-state index contributed by atoms with van der Waals surface area (Å²) in [7, 11) is 0. The number of nitrogens with zero attached hydrogens (tertiary/aromatic N) is 1. The van der Waals surface area contributed by atoms with Crippen molar-refractivity contribution in [3.63, 3.8) is 0 Å². The average Bonchev–Trinajstić information content (AvgIpc) is 2.27. The lowest BCUT2D eigenvalue weighted by molar-refractivity contribution is -0.0637. The molecule has 0 aromatic heterocycles. The summed E-state index contributed by atoms with van der Waals surface area (Å²) < 4.78 is 5.64.